The summed E-state index contributed by atoms with van der Waals surface area (Å²) in [5.74, 6) is -0.507. The molecule has 0 aliphatic carbocycles. The van der Waals surface area contributed by atoms with E-state index in [9.17, 15) is 19.8 Å². The Kier molecular flexibility index (Phi) is 25.9. The van der Waals surface area contributed by atoms with Crippen LogP contribution in [0.15, 0.2) is 156 Å². The van der Waals surface area contributed by atoms with Gasteiger partial charge < -0.3 is 63.2 Å². The van der Waals surface area contributed by atoms with Crippen molar-refractivity contribution >= 4 is 65.4 Å². The number of rotatable bonds is 0. The molecule has 0 amide bonds. The summed E-state index contributed by atoms with van der Waals surface area (Å²) in [5.41, 5.74) is 5.23. The van der Waals surface area contributed by atoms with Crippen molar-refractivity contribution in [2.75, 3.05) is 0 Å². The monoisotopic (exact) mass is 1110 g/mol. The number of aromatic nitrogens is 16. The Morgan fingerprint density at radius 1 is 0.325 bits per heavy atom. The third kappa shape index (κ3) is 13.5. The SMILES string of the molecule is Cn1c2nnnc-2c([O-])n(C)c1=O.Cn1c2nnnc-2c([O-])n(C)c1=O.O.O.O.O.O.O.O.O.[Zn+2].c1cnc2c(c1)ccc1cccnc12.c1cnc2c(c1)ccc1cccnc12.c1cnc2c(c1)ccc1cccnc12. The van der Waals surface area contributed by atoms with E-state index in [4.69, 9.17) is 0 Å². The molecule has 28 nitrogen and oxygen atoms in total. The van der Waals surface area contributed by atoms with Gasteiger partial charge in [-0.05, 0) is 58.6 Å². The van der Waals surface area contributed by atoms with Crippen molar-refractivity contribution in [2.24, 2.45) is 28.2 Å². The van der Waals surface area contributed by atoms with Crippen LogP contribution in [0, 0.1) is 0 Å². The normalized spacial score (nSPS) is 9.61. The largest absolute Gasteiger partial charge is 2.00 e. The number of pyridine rings is 6. The van der Waals surface area contributed by atoms with Crippen LogP contribution in [-0.4, -0.2) is 123 Å². The summed E-state index contributed by atoms with van der Waals surface area (Å²) < 4.78 is 4.41. The number of hydrogen-bond acceptors (Lipinski definition) is 16. The average molecular weight is 1110 g/mol. The van der Waals surface area contributed by atoms with Crippen molar-refractivity contribution in [1.82, 2.24) is 79.0 Å². The van der Waals surface area contributed by atoms with Crippen LogP contribution < -0.4 is 21.6 Å². The number of hydrogen-bond donors (Lipinski definition) is 0. The topological polar surface area (TPSA) is 507 Å². The van der Waals surface area contributed by atoms with E-state index >= 15 is 0 Å². The molecule has 13 rings (SSSR count). The van der Waals surface area contributed by atoms with Crippen LogP contribution in [0.5, 0.6) is 11.8 Å². The average Bonchev–Trinajstić information content (AvgIpc) is 4.11. The molecule has 0 atom stereocenters. The van der Waals surface area contributed by atoms with Crippen LogP contribution in [0.25, 0.3) is 88.5 Å². The maximum atomic E-state index is 11.4. The predicted molar refractivity (Wildman–Crippen MR) is 280 cm³/mol. The van der Waals surface area contributed by atoms with Crippen molar-refractivity contribution in [3.63, 3.8) is 0 Å². The van der Waals surface area contributed by atoms with E-state index < -0.39 is 23.1 Å². The minimum Gasteiger partial charge on any atom is -0.858 e. The summed E-state index contributed by atoms with van der Waals surface area (Å²) in [6.07, 6.45) is 10.8. The Hall–Kier alpha value is -9.42. The third-order valence-electron chi connectivity index (χ3n) is 10.8. The van der Waals surface area contributed by atoms with Crippen LogP contribution in [0.2, 0.25) is 0 Å². The molecular weight excluding hydrogens is 1060 g/mol. The molecule has 6 aromatic heterocycles. The maximum absolute atomic E-state index is 11.4. The zero-order valence-corrected chi connectivity index (χ0v) is 44.3. The van der Waals surface area contributed by atoms with Gasteiger partial charge in [-0.1, -0.05) is 72.8 Å². The van der Waals surface area contributed by atoms with Gasteiger partial charge in [0.05, 0.1) is 33.1 Å². The van der Waals surface area contributed by atoms with Crippen molar-refractivity contribution in [3.8, 4) is 34.8 Å². The smallest absolute Gasteiger partial charge is 0.858 e. The fourth-order valence-electron chi connectivity index (χ4n) is 7.29. The van der Waals surface area contributed by atoms with Gasteiger partial charge in [0.15, 0.2) is 11.6 Å². The third-order valence-corrected chi connectivity index (χ3v) is 10.8. The van der Waals surface area contributed by atoms with Gasteiger partial charge in [0.2, 0.25) is 0 Å². The fourth-order valence-corrected chi connectivity index (χ4v) is 7.29. The van der Waals surface area contributed by atoms with Crippen molar-refractivity contribution in [1.29, 1.82) is 0 Å². The molecule has 398 valence electrons. The van der Waals surface area contributed by atoms with E-state index in [-0.39, 0.29) is 86.3 Å². The van der Waals surface area contributed by atoms with Gasteiger partial charge in [0.25, 0.3) is 0 Å². The van der Waals surface area contributed by atoms with Gasteiger partial charge >= 0.3 is 30.9 Å². The summed E-state index contributed by atoms with van der Waals surface area (Å²) in [6.45, 7) is 0. The Morgan fingerprint density at radius 2 is 0.532 bits per heavy atom. The first-order chi connectivity index (χ1) is 33.1. The van der Waals surface area contributed by atoms with Gasteiger partial charge in [0, 0.05) is 97.7 Å². The zero-order valence-electron chi connectivity index (χ0n) is 41.4. The van der Waals surface area contributed by atoms with Gasteiger partial charge in [-0.15, -0.1) is 20.4 Å². The first-order valence-electron chi connectivity index (χ1n) is 20.7. The Bertz CT molecular complexity index is 3490. The van der Waals surface area contributed by atoms with Gasteiger partial charge in [0.1, 0.15) is 11.4 Å². The van der Waals surface area contributed by atoms with E-state index in [1.807, 2.05) is 36.4 Å². The molecule has 0 spiro atoms. The molecule has 4 aliphatic heterocycles. The molecule has 0 saturated heterocycles. The van der Waals surface area contributed by atoms with Gasteiger partial charge in [-0.2, -0.15) is 0 Å². The zero-order chi connectivity index (χ0) is 47.3. The second kappa shape index (κ2) is 29.5. The summed E-state index contributed by atoms with van der Waals surface area (Å²) >= 11 is 0. The van der Waals surface area contributed by atoms with Crippen LogP contribution in [0.3, 0.4) is 0 Å². The van der Waals surface area contributed by atoms with E-state index in [2.05, 4.69) is 134 Å². The van der Waals surface area contributed by atoms with Gasteiger partial charge in [-0.25, -0.2) is 9.59 Å². The van der Waals surface area contributed by atoms with Crippen LogP contribution in [0.1, 0.15) is 0 Å². The van der Waals surface area contributed by atoms with Gasteiger partial charge in [-0.3, -0.25) is 39.0 Å². The van der Waals surface area contributed by atoms with E-state index in [1.165, 1.54) is 37.3 Å². The second-order valence-corrected chi connectivity index (χ2v) is 15.0. The number of fused-ring (bicyclic) bond motifs is 11. The molecular formula is C48H52N16O12Zn. The molecule has 4 aliphatic rings. The fraction of sp³-hybridized carbons (Fsp3) is 0.0833. The number of nitrogens with zero attached hydrogens (tertiary/aromatic N) is 16. The number of benzene rings is 3. The standard InChI is InChI=1S/3C12H8N2.2C6H7N5O2.8H2O.Zn/c3*1-3-9-5-6-10-4-2-8-14-12(10)11(9)13-7-1;2*1-10-4-3(7-9-8-4)5(12)11(2)6(10)13;;;;;;;;;/h3*1-8H;2*12H,1-2H3;8*1H2;/q;;;;;;;;;;;;;+2/p-2. The van der Waals surface area contributed by atoms with Crippen molar-refractivity contribution in [2.45, 2.75) is 0 Å². The molecule has 77 heavy (non-hydrogen) atoms. The first-order valence-corrected chi connectivity index (χ1v) is 20.7. The molecule has 16 N–H and O–H groups in total. The van der Waals surface area contributed by atoms with Crippen LogP contribution >= 0.6 is 0 Å². The summed E-state index contributed by atoms with van der Waals surface area (Å²) in [7, 11) is 5.80. The molecule has 9 aromatic rings. The van der Waals surface area contributed by atoms with E-state index in [0.717, 1.165) is 74.6 Å². The molecule has 0 unspecified atom stereocenters. The maximum Gasteiger partial charge on any atom is 2.00 e. The predicted octanol–water partition coefficient (Wildman–Crippen LogP) is -2.08. The van der Waals surface area contributed by atoms with E-state index in [1.54, 1.807) is 37.2 Å². The van der Waals surface area contributed by atoms with E-state index in [0.29, 0.717) is 0 Å². The summed E-state index contributed by atoms with van der Waals surface area (Å²) in [4.78, 5) is 48.7. The molecule has 29 heteroatoms. The molecule has 0 fully saturated rings. The van der Waals surface area contributed by atoms with Crippen molar-refractivity contribution in [3.05, 3.63) is 167 Å². The first kappa shape index (κ1) is 67.6. The minimum atomic E-state index is -0.469. The Balaban J connectivity index is 0.000000912. The molecule has 3 aromatic carbocycles. The molecule has 0 radical (unpaired) electrons. The summed E-state index contributed by atoms with van der Waals surface area (Å²) in [5, 5.41) is 50.4. The Morgan fingerprint density at radius 3 is 0.740 bits per heavy atom. The quantitative estimate of drug-likeness (QED) is 0.116. The van der Waals surface area contributed by atoms with Crippen LogP contribution in [0.4, 0.5) is 0 Å². The molecule has 10 heterocycles. The Labute approximate surface area is 446 Å². The summed E-state index contributed by atoms with van der Waals surface area (Å²) in [6, 6.07) is 36.4. The molecule has 0 bridgehead atoms. The van der Waals surface area contributed by atoms with Crippen molar-refractivity contribution < 1.29 is 73.5 Å². The molecule has 0 saturated carbocycles. The van der Waals surface area contributed by atoms with Crippen LogP contribution in [-0.2, 0) is 47.7 Å². The minimum absolute atomic E-state index is 0. The second-order valence-electron chi connectivity index (χ2n) is 15.0.